The summed E-state index contributed by atoms with van der Waals surface area (Å²) in [6.45, 7) is 0. The lowest BCUT2D eigenvalue weighted by molar-refractivity contribution is -0.135. The van der Waals surface area contributed by atoms with Gasteiger partial charge in [0, 0.05) is 11.1 Å². The number of aliphatic carboxylic acids is 1. The zero-order chi connectivity index (χ0) is 15.7. The summed E-state index contributed by atoms with van der Waals surface area (Å²) in [6, 6.07) is 12.1. The minimum absolute atomic E-state index is 0.0644. The molecule has 2 aromatic carbocycles. The van der Waals surface area contributed by atoms with Gasteiger partial charge in [-0.05, 0) is 28.8 Å². The molecular formula is C18H12O4. The molecule has 1 aliphatic carbocycles. The SMILES string of the molecule is O=C(O)CC=Cc1ccc2c(c1)-c1ccccc1C(=O)C2=O. The number of carbonyl (C=O) groups excluding carboxylic acids is 2. The second kappa shape index (κ2) is 5.41. The lowest BCUT2D eigenvalue weighted by Crippen LogP contribution is -2.21. The van der Waals surface area contributed by atoms with E-state index < -0.39 is 17.5 Å². The third-order valence-electron chi connectivity index (χ3n) is 3.56. The summed E-state index contributed by atoms with van der Waals surface area (Å²) in [7, 11) is 0. The van der Waals surface area contributed by atoms with Crippen LogP contribution >= 0.6 is 0 Å². The van der Waals surface area contributed by atoms with E-state index in [2.05, 4.69) is 0 Å². The van der Waals surface area contributed by atoms with Crippen molar-refractivity contribution in [2.45, 2.75) is 6.42 Å². The number of benzene rings is 2. The van der Waals surface area contributed by atoms with Crippen LogP contribution in [0.15, 0.2) is 48.5 Å². The predicted molar refractivity (Wildman–Crippen MR) is 81.8 cm³/mol. The fourth-order valence-electron chi connectivity index (χ4n) is 2.54. The number of Topliss-reactive ketones (excluding diaryl/α,β-unsaturated/α-hetero) is 2. The largest absolute Gasteiger partial charge is 0.481 e. The molecule has 0 bridgehead atoms. The number of carbonyl (C=O) groups is 3. The van der Waals surface area contributed by atoms with Gasteiger partial charge >= 0.3 is 5.97 Å². The van der Waals surface area contributed by atoms with E-state index in [0.29, 0.717) is 16.7 Å². The molecule has 0 saturated heterocycles. The van der Waals surface area contributed by atoms with Crippen molar-refractivity contribution in [3.05, 3.63) is 65.2 Å². The number of hydrogen-bond donors (Lipinski definition) is 1. The third kappa shape index (κ3) is 2.35. The van der Waals surface area contributed by atoms with E-state index in [0.717, 1.165) is 11.1 Å². The van der Waals surface area contributed by atoms with Crippen LogP contribution in [-0.4, -0.2) is 22.6 Å². The Hall–Kier alpha value is -3.01. The van der Waals surface area contributed by atoms with Crippen LogP contribution in [-0.2, 0) is 4.79 Å². The Morgan fingerprint density at radius 2 is 1.55 bits per heavy atom. The molecule has 0 atom stereocenters. The molecule has 1 aliphatic rings. The van der Waals surface area contributed by atoms with Crippen molar-refractivity contribution in [2.24, 2.45) is 0 Å². The fraction of sp³-hybridized carbons (Fsp3) is 0.0556. The number of ketones is 2. The Bertz CT molecular complexity index is 831. The van der Waals surface area contributed by atoms with E-state index in [1.165, 1.54) is 0 Å². The summed E-state index contributed by atoms with van der Waals surface area (Å²) >= 11 is 0. The van der Waals surface area contributed by atoms with Crippen molar-refractivity contribution in [2.75, 3.05) is 0 Å². The molecule has 0 radical (unpaired) electrons. The van der Waals surface area contributed by atoms with Gasteiger partial charge in [-0.2, -0.15) is 0 Å². The molecule has 4 nitrogen and oxygen atoms in total. The molecule has 0 unspecified atom stereocenters. The molecule has 2 aromatic rings. The Balaban J connectivity index is 2.09. The monoisotopic (exact) mass is 292 g/mol. The molecule has 0 heterocycles. The molecule has 1 N–H and O–H groups in total. The zero-order valence-electron chi connectivity index (χ0n) is 11.6. The lowest BCUT2D eigenvalue weighted by atomic mass is 9.83. The van der Waals surface area contributed by atoms with Gasteiger partial charge in [-0.1, -0.05) is 42.5 Å². The normalized spacial score (nSPS) is 13.1. The average molecular weight is 292 g/mol. The van der Waals surface area contributed by atoms with Crippen LogP contribution in [0.5, 0.6) is 0 Å². The van der Waals surface area contributed by atoms with Gasteiger partial charge in [-0.15, -0.1) is 0 Å². The highest BCUT2D eigenvalue weighted by molar-refractivity contribution is 6.53. The maximum absolute atomic E-state index is 12.1. The van der Waals surface area contributed by atoms with Crippen LogP contribution in [0.3, 0.4) is 0 Å². The first-order valence-corrected chi connectivity index (χ1v) is 6.79. The standard InChI is InChI=1S/C18H12O4/c19-16(20)7-3-4-11-8-9-14-15(10-11)12-5-1-2-6-13(12)17(21)18(14)22/h1-6,8-10H,7H2,(H,19,20). The van der Waals surface area contributed by atoms with Gasteiger partial charge < -0.3 is 5.11 Å². The highest BCUT2D eigenvalue weighted by Gasteiger charge is 2.29. The van der Waals surface area contributed by atoms with Crippen molar-refractivity contribution in [3.63, 3.8) is 0 Å². The maximum atomic E-state index is 12.1. The molecular weight excluding hydrogens is 280 g/mol. The Morgan fingerprint density at radius 1 is 0.909 bits per heavy atom. The van der Waals surface area contributed by atoms with Gasteiger partial charge in [-0.25, -0.2) is 0 Å². The van der Waals surface area contributed by atoms with Crippen LogP contribution in [0.4, 0.5) is 0 Å². The van der Waals surface area contributed by atoms with E-state index in [1.807, 2.05) is 12.1 Å². The van der Waals surface area contributed by atoms with Crippen molar-refractivity contribution < 1.29 is 19.5 Å². The van der Waals surface area contributed by atoms with Crippen LogP contribution in [0.25, 0.3) is 17.2 Å². The van der Waals surface area contributed by atoms with Gasteiger partial charge in [0.15, 0.2) is 0 Å². The predicted octanol–water partition coefficient (Wildman–Crippen LogP) is 3.22. The molecule has 0 aliphatic heterocycles. The first-order chi connectivity index (χ1) is 10.6. The van der Waals surface area contributed by atoms with Crippen LogP contribution in [0.2, 0.25) is 0 Å². The molecule has 22 heavy (non-hydrogen) atoms. The molecule has 0 saturated carbocycles. The van der Waals surface area contributed by atoms with E-state index in [-0.39, 0.29) is 6.42 Å². The summed E-state index contributed by atoms with van der Waals surface area (Å²) in [5.41, 5.74) is 3.02. The number of fused-ring (bicyclic) bond motifs is 3. The quantitative estimate of drug-likeness (QED) is 0.882. The molecule has 3 rings (SSSR count). The summed E-state index contributed by atoms with van der Waals surface area (Å²) < 4.78 is 0. The second-order valence-electron chi connectivity index (χ2n) is 5.01. The second-order valence-corrected chi connectivity index (χ2v) is 5.01. The minimum Gasteiger partial charge on any atom is -0.481 e. The van der Waals surface area contributed by atoms with Gasteiger partial charge in [0.05, 0.1) is 6.42 Å². The van der Waals surface area contributed by atoms with Crippen molar-refractivity contribution >= 4 is 23.6 Å². The lowest BCUT2D eigenvalue weighted by Gasteiger charge is -2.18. The number of rotatable bonds is 3. The summed E-state index contributed by atoms with van der Waals surface area (Å²) in [5.74, 6) is -1.90. The van der Waals surface area contributed by atoms with E-state index in [1.54, 1.807) is 42.5 Å². The highest BCUT2D eigenvalue weighted by Crippen LogP contribution is 2.34. The average Bonchev–Trinajstić information content (AvgIpc) is 2.52. The number of hydrogen-bond acceptors (Lipinski definition) is 3. The van der Waals surface area contributed by atoms with E-state index >= 15 is 0 Å². The fourth-order valence-corrected chi connectivity index (χ4v) is 2.54. The van der Waals surface area contributed by atoms with E-state index in [9.17, 15) is 14.4 Å². The molecule has 0 amide bonds. The maximum Gasteiger partial charge on any atom is 0.307 e. The number of carboxylic acids is 1. The van der Waals surface area contributed by atoms with Crippen molar-refractivity contribution in [1.82, 2.24) is 0 Å². The van der Waals surface area contributed by atoms with Gasteiger partial charge in [0.25, 0.3) is 0 Å². The topological polar surface area (TPSA) is 71.4 Å². The first kappa shape index (κ1) is 13.9. The zero-order valence-corrected chi connectivity index (χ0v) is 11.6. The van der Waals surface area contributed by atoms with E-state index in [4.69, 9.17) is 5.11 Å². The first-order valence-electron chi connectivity index (χ1n) is 6.79. The molecule has 108 valence electrons. The Labute approximate surface area is 126 Å². The molecule has 0 aromatic heterocycles. The van der Waals surface area contributed by atoms with Gasteiger partial charge in [0.1, 0.15) is 0 Å². The smallest absolute Gasteiger partial charge is 0.307 e. The van der Waals surface area contributed by atoms with Crippen LogP contribution < -0.4 is 0 Å². The third-order valence-corrected chi connectivity index (χ3v) is 3.56. The molecule has 0 fully saturated rings. The van der Waals surface area contributed by atoms with Crippen molar-refractivity contribution in [3.8, 4) is 11.1 Å². The summed E-state index contributed by atoms with van der Waals surface area (Å²) in [4.78, 5) is 34.8. The van der Waals surface area contributed by atoms with Crippen LogP contribution in [0.1, 0.15) is 32.7 Å². The van der Waals surface area contributed by atoms with Crippen LogP contribution in [0, 0.1) is 0 Å². The summed E-state index contributed by atoms with van der Waals surface area (Å²) in [6.07, 6.45) is 3.18. The Kier molecular flexibility index (Phi) is 3.43. The van der Waals surface area contributed by atoms with Crippen molar-refractivity contribution in [1.29, 1.82) is 0 Å². The minimum atomic E-state index is -0.902. The molecule has 0 spiro atoms. The summed E-state index contributed by atoms with van der Waals surface area (Å²) in [5, 5.41) is 8.64. The Morgan fingerprint density at radius 3 is 2.23 bits per heavy atom. The molecule has 4 heteroatoms. The van der Waals surface area contributed by atoms with Gasteiger partial charge in [-0.3, -0.25) is 14.4 Å². The number of carboxylic acid groups (broad SMARTS) is 1. The van der Waals surface area contributed by atoms with Gasteiger partial charge in [0.2, 0.25) is 11.6 Å². The highest BCUT2D eigenvalue weighted by atomic mass is 16.4.